The largest absolute Gasteiger partial charge is 0.497 e. The van der Waals surface area contributed by atoms with E-state index in [2.05, 4.69) is 21.2 Å². The molecule has 0 saturated heterocycles. The third-order valence-electron chi connectivity index (χ3n) is 6.66. The van der Waals surface area contributed by atoms with Crippen LogP contribution in [-0.4, -0.2) is 50.9 Å². The second-order valence-electron chi connectivity index (χ2n) is 9.67. The molecule has 0 aliphatic rings. The van der Waals surface area contributed by atoms with Crippen molar-refractivity contribution >= 4 is 43.5 Å². The molecule has 0 aromatic heterocycles. The molecule has 0 bridgehead atoms. The topological polar surface area (TPSA) is 96.0 Å². The third-order valence-corrected chi connectivity index (χ3v) is 8.95. The lowest BCUT2D eigenvalue weighted by atomic mass is 10.1. The van der Waals surface area contributed by atoms with Gasteiger partial charge in [-0.05, 0) is 75.2 Å². The molecule has 2 amide bonds. The van der Waals surface area contributed by atoms with Gasteiger partial charge in [0.1, 0.15) is 18.3 Å². The molecule has 0 unspecified atom stereocenters. The maximum Gasteiger partial charge on any atom is 0.264 e. The number of methoxy groups -OCH3 is 1. The molecule has 214 valence electrons. The number of nitrogens with zero attached hydrogens (tertiary/aromatic N) is 2. The summed E-state index contributed by atoms with van der Waals surface area (Å²) >= 11 is 3.41. The van der Waals surface area contributed by atoms with Crippen LogP contribution in [0.25, 0.3) is 0 Å². The zero-order valence-electron chi connectivity index (χ0n) is 23.4. The van der Waals surface area contributed by atoms with E-state index in [1.807, 2.05) is 32.9 Å². The van der Waals surface area contributed by atoms with Crippen molar-refractivity contribution in [2.24, 2.45) is 0 Å². The molecule has 0 saturated carbocycles. The molecule has 3 aromatic carbocycles. The summed E-state index contributed by atoms with van der Waals surface area (Å²) in [5, 5.41) is 2.93. The molecule has 0 aliphatic carbocycles. The van der Waals surface area contributed by atoms with Crippen LogP contribution in [0, 0.1) is 6.92 Å². The molecule has 0 heterocycles. The Bertz CT molecular complexity index is 1410. The number of hydrogen-bond donors (Lipinski definition) is 1. The minimum absolute atomic E-state index is 0.0649. The number of nitrogens with one attached hydrogen (secondary N) is 1. The van der Waals surface area contributed by atoms with Gasteiger partial charge in [0.2, 0.25) is 11.8 Å². The molecule has 8 nitrogen and oxygen atoms in total. The van der Waals surface area contributed by atoms with Crippen molar-refractivity contribution in [3.8, 4) is 5.75 Å². The van der Waals surface area contributed by atoms with Crippen molar-refractivity contribution in [1.29, 1.82) is 0 Å². The molecule has 2 atom stereocenters. The summed E-state index contributed by atoms with van der Waals surface area (Å²) in [4.78, 5) is 28.6. The van der Waals surface area contributed by atoms with Crippen LogP contribution in [0.15, 0.2) is 82.2 Å². The van der Waals surface area contributed by atoms with Crippen molar-refractivity contribution in [3.05, 3.63) is 88.4 Å². The number of amides is 2. The van der Waals surface area contributed by atoms with Crippen molar-refractivity contribution in [1.82, 2.24) is 10.2 Å². The Morgan fingerprint density at radius 2 is 1.65 bits per heavy atom. The standard InChI is InChI=1S/C30H36BrN3O5S/c1-6-22(3)32-30(36)23(4)33(19-24-12-14-27(39-5)15-13-24)29(35)20-34(26-9-7-8-25(31)18-26)40(37,38)28-16-10-21(2)11-17-28/h7-18,22-23H,6,19-20H2,1-5H3,(H,32,36)/t22-,23-/m0/s1. The average molecular weight is 631 g/mol. The molecule has 10 heteroatoms. The zero-order chi connectivity index (χ0) is 29.4. The average Bonchev–Trinajstić information content (AvgIpc) is 2.94. The normalized spacial score (nSPS) is 12.8. The van der Waals surface area contributed by atoms with Gasteiger partial charge in [-0.1, -0.05) is 58.7 Å². The summed E-state index contributed by atoms with van der Waals surface area (Å²) in [7, 11) is -2.55. The highest BCUT2D eigenvalue weighted by Gasteiger charge is 2.32. The Labute approximate surface area is 245 Å². The molecule has 0 fully saturated rings. The Balaban J connectivity index is 2.02. The van der Waals surface area contributed by atoms with E-state index in [1.165, 1.54) is 17.0 Å². The monoisotopic (exact) mass is 629 g/mol. The lowest BCUT2D eigenvalue weighted by Crippen LogP contribution is -2.52. The summed E-state index contributed by atoms with van der Waals surface area (Å²) in [6, 6.07) is 19.5. The molecule has 3 aromatic rings. The summed E-state index contributed by atoms with van der Waals surface area (Å²) in [5.74, 6) is -0.167. The van der Waals surface area contributed by atoms with Crippen LogP contribution < -0.4 is 14.4 Å². The maximum absolute atomic E-state index is 14.0. The third kappa shape index (κ3) is 7.85. The molecule has 40 heavy (non-hydrogen) atoms. The van der Waals surface area contributed by atoms with E-state index in [1.54, 1.807) is 62.6 Å². The van der Waals surface area contributed by atoms with Crippen molar-refractivity contribution < 1.29 is 22.7 Å². The van der Waals surface area contributed by atoms with E-state index in [0.717, 1.165) is 21.9 Å². The Kier molecular flexibility index (Phi) is 10.8. The molecular weight excluding hydrogens is 594 g/mol. The number of carbonyl (C=O) groups excluding carboxylic acids is 2. The van der Waals surface area contributed by atoms with Crippen molar-refractivity contribution in [2.75, 3.05) is 18.0 Å². The molecule has 0 radical (unpaired) electrons. The summed E-state index contributed by atoms with van der Waals surface area (Å²) in [6.45, 7) is 6.98. The predicted octanol–water partition coefficient (Wildman–Crippen LogP) is 5.29. The van der Waals surface area contributed by atoms with Crippen LogP contribution >= 0.6 is 15.9 Å². The van der Waals surface area contributed by atoms with Gasteiger partial charge in [-0.25, -0.2) is 8.42 Å². The summed E-state index contributed by atoms with van der Waals surface area (Å²) < 4.78 is 34.7. The van der Waals surface area contributed by atoms with Crippen LogP contribution in [0.4, 0.5) is 5.69 Å². The smallest absolute Gasteiger partial charge is 0.264 e. The fourth-order valence-corrected chi connectivity index (χ4v) is 5.77. The van der Waals surface area contributed by atoms with Crippen molar-refractivity contribution in [3.63, 3.8) is 0 Å². The van der Waals surface area contributed by atoms with Gasteiger partial charge in [-0.15, -0.1) is 0 Å². The molecule has 3 rings (SSSR count). The first kappa shape index (κ1) is 31.2. The van der Waals surface area contributed by atoms with E-state index in [0.29, 0.717) is 15.9 Å². The highest BCUT2D eigenvalue weighted by Crippen LogP contribution is 2.27. The summed E-state index contributed by atoms with van der Waals surface area (Å²) in [5.41, 5.74) is 2.01. The second kappa shape index (κ2) is 13.8. The van der Waals surface area contributed by atoms with Gasteiger partial charge < -0.3 is 15.0 Å². The number of ether oxygens (including phenoxy) is 1. The van der Waals surface area contributed by atoms with E-state index < -0.39 is 28.5 Å². The number of carbonyl (C=O) groups is 2. The fraction of sp³-hybridized carbons (Fsp3) is 0.333. The number of halogens is 1. The number of anilines is 1. The van der Waals surface area contributed by atoms with Gasteiger partial charge in [-0.3, -0.25) is 13.9 Å². The zero-order valence-corrected chi connectivity index (χ0v) is 25.8. The number of aryl methyl sites for hydroxylation is 1. The fourth-order valence-electron chi connectivity index (χ4n) is 3.97. The highest BCUT2D eigenvalue weighted by atomic mass is 79.9. The van der Waals surface area contributed by atoms with Crippen molar-refractivity contribution in [2.45, 2.75) is 57.6 Å². The second-order valence-corrected chi connectivity index (χ2v) is 12.4. The lowest BCUT2D eigenvalue weighted by Gasteiger charge is -2.32. The van der Waals surface area contributed by atoms with E-state index in [-0.39, 0.29) is 23.4 Å². The van der Waals surface area contributed by atoms with Gasteiger partial charge in [0, 0.05) is 17.1 Å². The number of sulfonamides is 1. The maximum atomic E-state index is 14.0. The van der Waals surface area contributed by atoms with Crippen LogP contribution in [0.5, 0.6) is 5.75 Å². The first-order chi connectivity index (χ1) is 19.0. The van der Waals surface area contributed by atoms with Gasteiger partial charge in [-0.2, -0.15) is 0 Å². The van der Waals surface area contributed by atoms with Gasteiger partial charge >= 0.3 is 0 Å². The molecular formula is C30H36BrN3O5S. The molecule has 0 spiro atoms. The Morgan fingerprint density at radius 3 is 2.23 bits per heavy atom. The van der Waals surface area contributed by atoms with E-state index in [9.17, 15) is 18.0 Å². The lowest BCUT2D eigenvalue weighted by molar-refractivity contribution is -0.139. The first-order valence-electron chi connectivity index (χ1n) is 13.0. The van der Waals surface area contributed by atoms with Gasteiger partial charge in [0.15, 0.2) is 0 Å². The highest BCUT2D eigenvalue weighted by molar-refractivity contribution is 9.10. The molecule has 1 N–H and O–H groups in total. The van der Waals surface area contributed by atoms with Crippen LogP contribution in [0.1, 0.15) is 38.3 Å². The number of rotatable bonds is 12. The first-order valence-corrected chi connectivity index (χ1v) is 15.3. The Hall–Kier alpha value is -3.37. The van der Waals surface area contributed by atoms with E-state index in [4.69, 9.17) is 4.74 Å². The summed E-state index contributed by atoms with van der Waals surface area (Å²) in [6.07, 6.45) is 0.732. The number of hydrogen-bond acceptors (Lipinski definition) is 5. The van der Waals surface area contributed by atoms with Crippen LogP contribution in [0.2, 0.25) is 0 Å². The minimum Gasteiger partial charge on any atom is -0.497 e. The Morgan fingerprint density at radius 1 is 1.00 bits per heavy atom. The van der Waals surface area contributed by atoms with E-state index >= 15 is 0 Å². The van der Waals surface area contributed by atoms with Gasteiger partial charge in [0.25, 0.3) is 10.0 Å². The SMILES string of the molecule is CC[C@H](C)NC(=O)[C@H](C)N(Cc1ccc(OC)cc1)C(=O)CN(c1cccc(Br)c1)S(=O)(=O)c1ccc(C)cc1. The molecule has 0 aliphatic heterocycles. The number of benzene rings is 3. The predicted molar refractivity (Wildman–Crippen MR) is 161 cm³/mol. The quantitative estimate of drug-likeness (QED) is 0.294. The minimum atomic E-state index is -4.12. The van der Waals surface area contributed by atoms with Gasteiger partial charge in [0.05, 0.1) is 17.7 Å². The van der Waals surface area contributed by atoms with Crippen LogP contribution in [-0.2, 0) is 26.2 Å². The van der Waals surface area contributed by atoms with Crippen LogP contribution in [0.3, 0.4) is 0 Å².